The van der Waals surface area contributed by atoms with Crippen molar-refractivity contribution in [2.24, 2.45) is 0 Å². The molecule has 1 N–H and O–H groups in total. The molecule has 4 aromatic rings. The highest BCUT2D eigenvalue weighted by atomic mass is 32.2. The zero-order valence-electron chi connectivity index (χ0n) is 25.2. The molecular formula is C34H40N2O5S2. The van der Waals surface area contributed by atoms with Crippen molar-refractivity contribution in [3.63, 3.8) is 0 Å². The van der Waals surface area contributed by atoms with Crippen molar-refractivity contribution in [2.45, 2.75) is 70.2 Å². The second-order valence-electron chi connectivity index (χ2n) is 10.8. The predicted molar refractivity (Wildman–Crippen MR) is 173 cm³/mol. The van der Waals surface area contributed by atoms with Crippen LogP contribution < -0.4 is 4.74 Å². The molecule has 0 aliphatic carbocycles. The van der Waals surface area contributed by atoms with Crippen LogP contribution in [0.15, 0.2) is 77.0 Å². The molecule has 7 nitrogen and oxygen atoms in total. The Morgan fingerprint density at radius 3 is 2.30 bits per heavy atom. The average Bonchev–Trinajstić information content (AvgIpc) is 3.46. The third-order valence-corrected chi connectivity index (χ3v) is 10.2. The van der Waals surface area contributed by atoms with Crippen molar-refractivity contribution >= 4 is 27.3 Å². The van der Waals surface area contributed by atoms with Crippen LogP contribution in [0.25, 0.3) is 11.3 Å². The van der Waals surface area contributed by atoms with Crippen molar-refractivity contribution in [1.29, 1.82) is 0 Å². The van der Waals surface area contributed by atoms with E-state index in [1.165, 1.54) is 83.8 Å². The number of benzene rings is 3. The number of ether oxygens (including phenoxy) is 1. The van der Waals surface area contributed by atoms with Gasteiger partial charge in [-0.2, -0.15) is 4.31 Å². The standard InChI is InChI=1S/C34H40N2O5S2/c1-5-7-26(8-6-2)27-12-10-25(11-13-27)19-20-41-32-18-9-24(3)21-30(32)31-23-42-33(35-31)22-36(4)43(39,40)29-16-14-28(15-17-29)34(37)38/h9-18,21,23,26H,5-8,19-20,22H2,1-4H3,(H,37,38). The largest absolute Gasteiger partial charge is 0.493 e. The fourth-order valence-corrected chi connectivity index (χ4v) is 7.17. The second kappa shape index (κ2) is 14.8. The van der Waals surface area contributed by atoms with Crippen LogP contribution in [0.2, 0.25) is 0 Å². The molecule has 0 bridgehead atoms. The summed E-state index contributed by atoms with van der Waals surface area (Å²) in [5.74, 6) is 0.261. The molecule has 1 aromatic heterocycles. The molecule has 0 amide bonds. The molecule has 43 heavy (non-hydrogen) atoms. The first-order chi connectivity index (χ1) is 20.6. The molecule has 3 aromatic carbocycles. The average molecular weight is 621 g/mol. The fraction of sp³-hybridized carbons (Fsp3) is 0.353. The molecule has 4 rings (SSSR count). The van der Waals surface area contributed by atoms with Gasteiger partial charge in [0.2, 0.25) is 10.0 Å². The Morgan fingerprint density at radius 2 is 1.67 bits per heavy atom. The number of rotatable bonds is 15. The number of aromatic nitrogens is 1. The summed E-state index contributed by atoms with van der Waals surface area (Å²) in [7, 11) is -2.33. The molecule has 228 valence electrons. The minimum Gasteiger partial charge on any atom is -0.493 e. The number of hydrogen-bond donors (Lipinski definition) is 1. The summed E-state index contributed by atoms with van der Waals surface area (Å²) in [6, 6.07) is 20.2. The number of carboxylic acid groups (broad SMARTS) is 1. The molecule has 0 aliphatic heterocycles. The van der Waals surface area contributed by atoms with E-state index in [9.17, 15) is 13.2 Å². The zero-order valence-corrected chi connectivity index (χ0v) is 26.9. The Balaban J connectivity index is 1.42. The van der Waals surface area contributed by atoms with Gasteiger partial charge in [0.1, 0.15) is 10.8 Å². The van der Waals surface area contributed by atoms with Crippen LogP contribution >= 0.6 is 11.3 Å². The maximum atomic E-state index is 13.1. The zero-order chi connectivity index (χ0) is 31.0. The summed E-state index contributed by atoms with van der Waals surface area (Å²) in [6.07, 6.45) is 5.62. The lowest BCUT2D eigenvalue weighted by Crippen LogP contribution is -2.26. The molecule has 0 fully saturated rings. The van der Waals surface area contributed by atoms with Crippen LogP contribution in [0.5, 0.6) is 5.75 Å². The summed E-state index contributed by atoms with van der Waals surface area (Å²) in [5, 5.41) is 11.7. The Labute approximate surface area is 259 Å². The van der Waals surface area contributed by atoms with E-state index in [1.807, 2.05) is 30.5 Å². The molecule has 0 spiro atoms. The van der Waals surface area contributed by atoms with E-state index in [0.29, 0.717) is 17.5 Å². The molecular weight excluding hydrogens is 581 g/mol. The van der Waals surface area contributed by atoms with E-state index in [2.05, 4.69) is 38.1 Å². The van der Waals surface area contributed by atoms with E-state index in [4.69, 9.17) is 14.8 Å². The van der Waals surface area contributed by atoms with E-state index in [1.54, 1.807) is 0 Å². The number of nitrogens with zero attached hydrogens (tertiary/aromatic N) is 2. The minimum absolute atomic E-state index is 0.0301. The number of aryl methyl sites for hydroxylation is 1. The fourth-order valence-electron chi connectivity index (χ4n) is 5.11. The normalized spacial score (nSPS) is 11.8. The van der Waals surface area contributed by atoms with E-state index < -0.39 is 16.0 Å². The quantitative estimate of drug-likeness (QED) is 0.145. The van der Waals surface area contributed by atoms with Crippen molar-refractivity contribution in [3.8, 4) is 17.0 Å². The van der Waals surface area contributed by atoms with Gasteiger partial charge in [-0.05, 0) is 73.2 Å². The van der Waals surface area contributed by atoms with Crippen molar-refractivity contribution < 1.29 is 23.1 Å². The highest BCUT2D eigenvalue weighted by Crippen LogP contribution is 2.33. The smallest absolute Gasteiger partial charge is 0.335 e. The topological polar surface area (TPSA) is 96.8 Å². The van der Waals surface area contributed by atoms with Crippen LogP contribution in [0.1, 0.15) is 77.5 Å². The monoisotopic (exact) mass is 620 g/mol. The number of aromatic carboxylic acids is 1. The second-order valence-corrected chi connectivity index (χ2v) is 13.8. The maximum Gasteiger partial charge on any atom is 0.335 e. The highest BCUT2D eigenvalue weighted by molar-refractivity contribution is 7.89. The van der Waals surface area contributed by atoms with Crippen molar-refractivity contribution in [2.75, 3.05) is 13.7 Å². The molecule has 0 saturated heterocycles. The Hall–Kier alpha value is -3.53. The predicted octanol–water partition coefficient (Wildman–Crippen LogP) is 7.94. The molecule has 9 heteroatoms. The maximum absolute atomic E-state index is 13.1. The lowest BCUT2D eigenvalue weighted by atomic mass is 9.90. The van der Waals surface area contributed by atoms with Crippen LogP contribution in [0, 0.1) is 6.92 Å². The first-order valence-corrected chi connectivity index (χ1v) is 17.0. The van der Waals surface area contributed by atoms with Crippen LogP contribution in [-0.2, 0) is 23.0 Å². The van der Waals surface area contributed by atoms with Gasteiger partial charge in [-0.1, -0.05) is 62.6 Å². The van der Waals surface area contributed by atoms with Crippen molar-refractivity contribution in [3.05, 3.63) is 99.4 Å². The molecule has 0 radical (unpaired) electrons. The number of thiazole rings is 1. The first kappa shape index (κ1) is 32.4. The number of carboxylic acids is 1. The van der Waals surface area contributed by atoms with Gasteiger partial charge < -0.3 is 9.84 Å². The van der Waals surface area contributed by atoms with Gasteiger partial charge in [0.15, 0.2) is 0 Å². The lowest BCUT2D eigenvalue weighted by Gasteiger charge is -2.16. The summed E-state index contributed by atoms with van der Waals surface area (Å²) in [4.78, 5) is 15.9. The third-order valence-electron chi connectivity index (χ3n) is 7.50. The number of sulfonamides is 1. The molecule has 0 unspecified atom stereocenters. The number of hydrogen-bond acceptors (Lipinski definition) is 6. The van der Waals surface area contributed by atoms with Crippen LogP contribution in [-0.4, -0.2) is 42.4 Å². The summed E-state index contributed by atoms with van der Waals surface area (Å²) < 4.78 is 33.6. The van der Waals surface area contributed by atoms with Gasteiger partial charge in [-0.3, -0.25) is 0 Å². The molecule has 0 aliphatic rings. The number of carbonyl (C=O) groups is 1. The van der Waals surface area contributed by atoms with Gasteiger partial charge >= 0.3 is 5.97 Å². The molecule has 0 saturated carbocycles. The molecule has 0 atom stereocenters. The van der Waals surface area contributed by atoms with Crippen LogP contribution in [0.4, 0.5) is 0 Å². The van der Waals surface area contributed by atoms with Gasteiger partial charge in [0.05, 0.1) is 29.3 Å². The van der Waals surface area contributed by atoms with Gasteiger partial charge in [-0.15, -0.1) is 11.3 Å². The Kier molecular flexibility index (Phi) is 11.1. The van der Waals surface area contributed by atoms with Gasteiger partial charge in [-0.25, -0.2) is 18.2 Å². The van der Waals surface area contributed by atoms with E-state index in [-0.39, 0.29) is 17.0 Å². The molecule has 1 heterocycles. The van der Waals surface area contributed by atoms with Crippen molar-refractivity contribution in [1.82, 2.24) is 9.29 Å². The van der Waals surface area contributed by atoms with Crippen LogP contribution in [0.3, 0.4) is 0 Å². The summed E-state index contributed by atoms with van der Waals surface area (Å²) in [6.45, 7) is 7.12. The first-order valence-electron chi connectivity index (χ1n) is 14.7. The highest BCUT2D eigenvalue weighted by Gasteiger charge is 2.23. The van der Waals surface area contributed by atoms with Gasteiger partial charge in [0.25, 0.3) is 0 Å². The van der Waals surface area contributed by atoms with E-state index in [0.717, 1.165) is 29.0 Å². The van der Waals surface area contributed by atoms with Gasteiger partial charge in [0, 0.05) is 24.4 Å². The summed E-state index contributed by atoms with van der Waals surface area (Å²) in [5.41, 5.74) is 5.37. The SMILES string of the molecule is CCCC(CCC)c1ccc(CCOc2ccc(C)cc2-c2csc(CN(C)S(=O)(=O)c3ccc(C(=O)O)cc3)n2)cc1. The minimum atomic E-state index is -3.82. The Bertz CT molecular complexity index is 1610. The Morgan fingerprint density at radius 1 is 1.00 bits per heavy atom. The van der Waals surface area contributed by atoms with E-state index >= 15 is 0 Å². The third kappa shape index (κ3) is 8.31. The summed E-state index contributed by atoms with van der Waals surface area (Å²) >= 11 is 1.39. The lowest BCUT2D eigenvalue weighted by molar-refractivity contribution is 0.0696.